The summed E-state index contributed by atoms with van der Waals surface area (Å²) in [7, 11) is 0. The zero-order chi connectivity index (χ0) is 9.31. The Morgan fingerprint density at radius 2 is 1.92 bits per heavy atom. The first kappa shape index (κ1) is 8.73. The van der Waals surface area contributed by atoms with Crippen LogP contribution in [0.2, 0.25) is 0 Å². The Morgan fingerprint density at radius 3 is 2.46 bits per heavy atom. The van der Waals surface area contributed by atoms with Gasteiger partial charge in [-0.15, -0.1) is 0 Å². The Hall–Kier alpha value is -0.860. The van der Waals surface area contributed by atoms with Crippen LogP contribution in [0, 0.1) is 0 Å². The molecule has 2 heteroatoms. The van der Waals surface area contributed by atoms with Gasteiger partial charge in [-0.3, -0.25) is 10.6 Å². The van der Waals surface area contributed by atoms with Gasteiger partial charge >= 0.3 is 0 Å². The second-order valence-corrected chi connectivity index (χ2v) is 4.11. The summed E-state index contributed by atoms with van der Waals surface area (Å²) >= 11 is 0. The number of hydrogen-bond donors (Lipinski definition) is 2. The van der Waals surface area contributed by atoms with E-state index in [0.717, 1.165) is 6.54 Å². The van der Waals surface area contributed by atoms with Crippen molar-refractivity contribution in [3.05, 3.63) is 35.9 Å². The monoisotopic (exact) mass is 176 g/mol. The minimum atomic E-state index is 0.0699. The second-order valence-electron chi connectivity index (χ2n) is 4.11. The molecule has 0 saturated carbocycles. The third kappa shape index (κ3) is 1.90. The third-order valence-electron chi connectivity index (χ3n) is 2.49. The molecule has 0 unspecified atom stereocenters. The number of benzene rings is 1. The van der Waals surface area contributed by atoms with Gasteiger partial charge in [0.1, 0.15) is 0 Å². The minimum Gasteiger partial charge on any atom is -0.298 e. The molecular weight excluding hydrogens is 160 g/mol. The fraction of sp³-hybridized carbons (Fsp3) is 0.455. The summed E-state index contributed by atoms with van der Waals surface area (Å²) in [5.41, 5.74) is 1.43. The Kier molecular flexibility index (Phi) is 2.10. The summed E-state index contributed by atoms with van der Waals surface area (Å²) in [5.74, 6) is 0. The standard InChI is InChI=1S/C11H16N2/c1-11(2)12-8-10(13-11)9-6-4-3-5-7-9/h3-7,10,12-13H,8H2,1-2H3/t10-/m1/s1. The average molecular weight is 176 g/mol. The highest BCUT2D eigenvalue weighted by molar-refractivity contribution is 5.21. The lowest BCUT2D eigenvalue weighted by Crippen LogP contribution is -2.42. The van der Waals surface area contributed by atoms with E-state index in [1.54, 1.807) is 0 Å². The first-order valence-electron chi connectivity index (χ1n) is 4.75. The highest BCUT2D eigenvalue weighted by Gasteiger charge is 2.29. The molecule has 13 heavy (non-hydrogen) atoms. The highest BCUT2D eigenvalue weighted by Crippen LogP contribution is 2.20. The van der Waals surface area contributed by atoms with Crippen LogP contribution in [0.3, 0.4) is 0 Å². The molecule has 2 nitrogen and oxygen atoms in total. The van der Waals surface area contributed by atoms with E-state index in [9.17, 15) is 0 Å². The van der Waals surface area contributed by atoms with Crippen LogP contribution in [-0.4, -0.2) is 12.2 Å². The summed E-state index contributed by atoms with van der Waals surface area (Å²) in [4.78, 5) is 0. The smallest absolute Gasteiger partial charge is 0.0635 e. The maximum Gasteiger partial charge on any atom is 0.0635 e. The summed E-state index contributed by atoms with van der Waals surface area (Å²) in [6, 6.07) is 11.0. The predicted molar refractivity (Wildman–Crippen MR) is 54.4 cm³/mol. The van der Waals surface area contributed by atoms with Crippen LogP contribution in [0.25, 0.3) is 0 Å². The van der Waals surface area contributed by atoms with Crippen LogP contribution in [0.4, 0.5) is 0 Å². The molecule has 0 spiro atoms. The molecule has 0 amide bonds. The van der Waals surface area contributed by atoms with Crippen molar-refractivity contribution in [2.75, 3.05) is 6.54 Å². The molecule has 2 rings (SSSR count). The van der Waals surface area contributed by atoms with Gasteiger partial charge < -0.3 is 0 Å². The van der Waals surface area contributed by atoms with Crippen molar-refractivity contribution < 1.29 is 0 Å². The molecule has 1 aromatic carbocycles. The van der Waals surface area contributed by atoms with Crippen LogP contribution < -0.4 is 10.6 Å². The van der Waals surface area contributed by atoms with Crippen molar-refractivity contribution in [2.45, 2.75) is 25.6 Å². The molecule has 1 aliphatic rings. The van der Waals surface area contributed by atoms with Gasteiger partial charge in [-0.05, 0) is 19.4 Å². The summed E-state index contributed by atoms with van der Waals surface area (Å²) < 4.78 is 0. The van der Waals surface area contributed by atoms with Gasteiger partial charge in [-0.1, -0.05) is 30.3 Å². The topological polar surface area (TPSA) is 24.1 Å². The number of nitrogens with one attached hydrogen (secondary N) is 2. The van der Waals surface area contributed by atoms with E-state index in [0.29, 0.717) is 6.04 Å². The zero-order valence-corrected chi connectivity index (χ0v) is 8.17. The summed E-state index contributed by atoms with van der Waals surface area (Å²) in [5, 5.41) is 6.97. The van der Waals surface area contributed by atoms with Gasteiger partial charge in [0, 0.05) is 12.6 Å². The first-order valence-corrected chi connectivity index (χ1v) is 4.75. The fourth-order valence-corrected chi connectivity index (χ4v) is 1.78. The van der Waals surface area contributed by atoms with E-state index in [-0.39, 0.29) is 5.66 Å². The lowest BCUT2D eigenvalue weighted by atomic mass is 10.1. The molecule has 1 heterocycles. The molecule has 70 valence electrons. The Labute approximate surface area is 79.4 Å². The van der Waals surface area contributed by atoms with Crippen LogP contribution >= 0.6 is 0 Å². The van der Waals surface area contributed by atoms with Crippen molar-refractivity contribution in [1.29, 1.82) is 0 Å². The van der Waals surface area contributed by atoms with E-state index in [4.69, 9.17) is 0 Å². The lowest BCUT2D eigenvalue weighted by Gasteiger charge is -2.19. The van der Waals surface area contributed by atoms with Crippen LogP contribution in [0.15, 0.2) is 30.3 Å². The van der Waals surface area contributed by atoms with Gasteiger partial charge in [0.25, 0.3) is 0 Å². The molecule has 0 radical (unpaired) electrons. The van der Waals surface area contributed by atoms with Crippen molar-refractivity contribution in [3.8, 4) is 0 Å². The zero-order valence-electron chi connectivity index (χ0n) is 8.17. The average Bonchev–Trinajstić information content (AvgIpc) is 2.48. The molecule has 1 atom stereocenters. The Balaban J connectivity index is 2.13. The normalized spacial score (nSPS) is 26.2. The fourth-order valence-electron chi connectivity index (χ4n) is 1.78. The van der Waals surface area contributed by atoms with E-state index in [2.05, 4.69) is 54.8 Å². The first-order chi connectivity index (χ1) is 6.17. The van der Waals surface area contributed by atoms with E-state index in [1.807, 2.05) is 0 Å². The van der Waals surface area contributed by atoms with Crippen molar-refractivity contribution in [3.63, 3.8) is 0 Å². The lowest BCUT2D eigenvalue weighted by molar-refractivity contribution is 0.395. The molecule has 1 saturated heterocycles. The van der Waals surface area contributed by atoms with E-state index >= 15 is 0 Å². The Morgan fingerprint density at radius 1 is 1.23 bits per heavy atom. The third-order valence-corrected chi connectivity index (χ3v) is 2.49. The van der Waals surface area contributed by atoms with Crippen LogP contribution in [-0.2, 0) is 0 Å². The molecule has 2 N–H and O–H groups in total. The van der Waals surface area contributed by atoms with Gasteiger partial charge in [0.2, 0.25) is 0 Å². The molecule has 0 bridgehead atoms. The van der Waals surface area contributed by atoms with Gasteiger partial charge in [-0.25, -0.2) is 0 Å². The number of rotatable bonds is 1. The van der Waals surface area contributed by atoms with Crippen molar-refractivity contribution in [1.82, 2.24) is 10.6 Å². The molecule has 1 aliphatic heterocycles. The Bertz CT molecular complexity index is 279. The molecular formula is C11H16N2. The minimum absolute atomic E-state index is 0.0699. The van der Waals surface area contributed by atoms with Crippen LogP contribution in [0.1, 0.15) is 25.5 Å². The summed E-state index contributed by atoms with van der Waals surface area (Å²) in [6.45, 7) is 5.34. The van der Waals surface area contributed by atoms with Gasteiger partial charge in [0.05, 0.1) is 5.66 Å². The van der Waals surface area contributed by atoms with Gasteiger partial charge in [0.15, 0.2) is 0 Å². The molecule has 0 aliphatic carbocycles. The maximum atomic E-state index is 3.54. The van der Waals surface area contributed by atoms with Crippen LogP contribution in [0.5, 0.6) is 0 Å². The maximum absolute atomic E-state index is 3.54. The SMILES string of the molecule is CC1(C)NC[C@H](c2ccccc2)N1. The molecule has 1 aromatic rings. The number of hydrogen-bond acceptors (Lipinski definition) is 2. The van der Waals surface area contributed by atoms with Gasteiger partial charge in [-0.2, -0.15) is 0 Å². The molecule has 1 fully saturated rings. The quantitative estimate of drug-likeness (QED) is 0.680. The van der Waals surface area contributed by atoms with Crippen molar-refractivity contribution in [2.24, 2.45) is 0 Å². The highest BCUT2D eigenvalue weighted by atomic mass is 15.3. The van der Waals surface area contributed by atoms with E-state index in [1.165, 1.54) is 5.56 Å². The predicted octanol–water partition coefficient (Wildman–Crippen LogP) is 1.66. The second kappa shape index (κ2) is 3.13. The summed E-state index contributed by atoms with van der Waals surface area (Å²) in [6.07, 6.45) is 0. The molecule has 0 aromatic heterocycles. The largest absolute Gasteiger partial charge is 0.298 e. The van der Waals surface area contributed by atoms with Crippen molar-refractivity contribution >= 4 is 0 Å². The van der Waals surface area contributed by atoms with E-state index < -0.39 is 0 Å².